The van der Waals surface area contributed by atoms with Gasteiger partial charge in [0.25, 0.3) is 0 Å². The molecule has 0 aliphatic carbocycles. The molecule has 2 rings (SSSR count). The molecule has 1 aliphatic heterocycles. The Bertz CT molecular complexity index is 711. The molecule has 0 saturated carbocycles. The second-order valence-electron chi connectivity index (χ2n) is 7.27. The van der Waals surface area contributed by atoms with Crippen LogP contribution in [0.3, 0.4) is 0 Å². The van der Waals surface area contributed by atoms with E-state index in [0.717, 1.165) is 25.1 Å². The molecule has 5 nitrogen and oxygen atoms in total. The SMILES string of the molecule is CCOC(=O)/C=C/[C@@H](O)[C@@H](C)CC(=O)/C=C1\CCCN1C(C)c1ccccc1. The van der Waals surface area contributed by atoms with Crippen LogP contribution in [0.2, 0.25) is 0 Å². The van der Waals surface area contributed by atoms with Crippen LogP contribution in [0.15, 0.2) is 54.3 Å². The number of aliphatic hydroxyl groups excluding tert-OH is 1. The summed E-state index contributed by atoms with van der Waals surface area (Å²) >= 11 is 0. The predicted molar refractivity (Wildman–Crippen MR) is 109 cm³/mol. The zero-order chi connectivity index (χ0) is 20.5. The Balaban J connectivity index is 1.96. The van der Waals surface area contributed by atoms with E-state index in [1.807, 2.05) is 18.2 Å². The lowest BCUT2D eigenvalue weighted by atomic mass is 9.97. The van der Waals surface area contributed by atoms with Crippen molar-refractivity contribution < 1.29 is 19.4 Å². The summed E-state index contributed by atoms with van der Waals surface area (Å²) in [5.41, 5.74) is 2.29. The minimum Gasteiger partial charge on any atom is -0.463 e. The number of ketones is 1. The zero-order valence-corrected chi connectivity index (χ0v) is 17.0. The van der Waals surface area contributed by atoms with Gasteiger partial charge in [0, 0.05) is 30.8 Å². The van der Waals surface area contributed by atoms with Crippen LogP contribution in [0.25, 0.3) is 0 Å². The molecule has 152 valence electrons. The number of esters is 1. The summed E-state index contributed by atoms with van der Waals surface area (Å²) < 4.78 is 4.79. The highest BCUT2D eigenvalue weighted by Crippen LogP contribution is 2.31. The predicted octanol–water partition coefficient (Wildman–Crippen LogP) is 3.80. The molecule has 1 aromatic rings. The van der Waals surface area contributed by atoms with Crippen molar-refractivity contribution >= 4 is 11.8 Å². The quantitative estimate of drug-likeness (QED) is 0.517. The number of rotatable bonds is 9. The Morgan fingerprint density at radius 3 is 2.64 bits per heavy atom. The summed E-state index contributed by atoms with van der Waals surface area (Å²) in [6.45, 7) is 6.91. The maximum absolute atomic E-state index is 12.5. The first-order valence-corrected chi connectivity index (χ1v) is 10.00. The van der Waals surface area contributed by atoms with Crippen LogP contribution in [-0.4, -0.2) is 41.0 Å². The molecule has 1 saturated heterocycles. The molecule has 1 aliphatic rings. The molecular formula is C23H31NO4. The fourth-order valence-electron chi connectivity index (χ4n) is 3.47. The normalized spacial score (nSPS) is 19.0. The smallest absolute Gasteiger partial charge is 0.330 e. The number of carbonyl (C=O) groups is 2. The number of aliphatic hydroxyl groups is 1. The van der Waals surface area contributed by atoms with Crippen LogP contribution < -0.4 is 0 Å². The number of benzene rings is 1. The maximum atomic E-state index is 12.5. The molecule has 5 heteroatoms. The molecule has 0 spiro atoms. The van der Waals surface area contributed by atoms with Gasteiger partial charge in [0.15, 0.2) is 5.78 Å². The first kappa shape index (κ1) is 21.9. The molecule has 1 aromatic carbocycles. The number of ether oxygens (including phenoxy) is 1. The Hall–Kier alpha value is -2.40. The van der Waals surface area contributed by atoms with Gasteiger partial charge in [0.05, 0.1) is 18.8 Å². The molecule has 1 heterocycles. The average molecular weight is 386 g/mol. The number of hydrogen-bond acceptors (Lipinski definition) is 5. The number of allylic oxidation sites excluding steroid dienone is 2. The summed E-state index contributed by atoms with van der Waals surface area (Å²) in [6.07, 6.45) is 5.63. The van der Waals surface area contributed by atoms with E-state index in [1.54, 1.807) is 19.9 Å². The second kappa shape index (κ2) is 10.8. The van der Waals surface area contributed by atoms with Gasteiger partial charge in [-0.15, -0.1) is 0 Å². The van der Waals surface area contributed by atoms with Gasteiger partial charge < -0.3 is 14.7 Å². The van der Waals surface area contributed by atoms with Crippen molar-refractivity contribution in [3.8, 4) is 0 Å². The third-order valence-electron chi connectivity index (χ3n) is 5.10. The van der Waals surface area contributed by atoms with Crippen molar-refractivity contribution in [3.63, 3.8) is 0 Å². The Kier molecular flexibility index (Phi) is 8.45. The fraction of sp³-hybridized carbons (Fsp3) is 0.478. The largest absolute Gasteiger partial charge is 0.463 e. The van der Waals surface area contributed by atoms with Gasteiger partial charge in [-0.05, 0) is 44.2 Å². The molecule has 0 aromatic heterocycles. The number of carbonyl (C=O) groups excluding carboxylic acids is 2. The fourth-order valence-corrected chi connectivity index (χ4v) is 3.47. The van der Waals surface area contributed by atoms with E-state index < -0.39 is 12.1 Å². The number of hydrogen-bond donors (Lipinski definition) is 1. The molecule has 28 heavy (non-hydrogen) atoms. The van der Waals surface area contributed by atoms with E-state index in [9.17, 15) is 14.7 Å². The van der Waals surface area contributed by atoms with Crippen molar-refractivity contribution in [1.82, 2.24) is 4.90 Å². The van der Waals surface area contributed by atoms with E-state index in [-0.39, 0.29) is 24.2 Å². The van der Waals surface area contributed by atoms with Gasteiger partial charge in [-0.3, -0.25) is 4.79 Å². The molecule has 1 N–H and O–H groups in total. The topological polar surface area (TPSA) is 66.8 Å². The minimum absolute atomic E-state index is 0.00162. The van der Waals surface area contributed by atoms with E-state index >= 15 is 0 Å². The first-order chi connectivity index (χ1) is 13.4. The molecule has 3 atom stereocenters. The molecule has 0 radical (unpaired) electrons. The number of nitrogens with zero attached hydrogens (tertiary/aromatic N) is 1. The minimum atomic E-state index is -0.866. The summed E-state index contributed by atoms with van der Waals surface area (Å²) in [7, 11) is 0. The Morgan fingerprint density at radius 2 is 1.96 bits per heavy atom. The molecule has 0 amide bonds. The van der Waals surface area contributed by atoms with Crippen LogP contribution in [0.5, 0.6) is 0 Å². The van der Waals surface area contributed by atoms with Crippen molar-refractivity contribution in [1.29, 1.82) is 0 Å². The molecule has 1 unspecified atom stereocenters. The van der Waals surface area contributed by atoms with E-state index in [2.05, 4.69) is 24.0 Å². The average Bonchev–Trinajstić information content (AvgIpc) is 3.14. The molecule has 0 bridgehead atoms. The van der Waals surface area contributed by atoms with E-state index in [4.69, 9.17) is 4.74 Å². The van der Waals surface area contributed by atoms with Gasteiger partial charge in [0.1, 0.15) is 0 Å². The van der Waals surface area contributed by atoms with Crippen LogP contribution in [-0.2, 0) is 14.3 Å². The van der Waals surface area contributed by atoms with Crippen LogP contribution in [0, 0.1) is 5.92 Å². The van der Waals surface area contributed by atoms with Gasteiger partial charge in [0.2, 0.25) is 0 Å². The van der Waals surface area contributed by atoms with E-state index in [1.165, 1.54) is 17.7 Å². The third kappa shape index (κ3) is 6.34. The van der Waals surface area contributed by atoms with Crippen molar-refractivity contribution in [2.45, 2.75) is 52.2 Å². The Labute approximate surface area is 167 Å². The van der Waals surface area contributed by atoms with Gasteiger partial charge in [-0.2, -0.15) is 0 Å². The first-order valence-electron chi connectivity index (χ1n) is 10.00. The van der Waals surface area contributed by atoms with E-state index in [0.29, 0.717) is 6.61 Å². The monoisotopic (exact) mass is 385 g/mol. The van der Waals surface area contributed by atoms with Crippen molar-refractivity contribution in [3.05, 3.63) is 59.8 Å². The van der Waals surface area contributed by atoms with Gasteiger partial charge in [-0.25, -0.2) is 4.79 Å². The summed E-state index contributed by atoms with van der Waals surface area (Å²) in [5.74, 6) is -0.770. The maximum Gasteiger partial charge on any atom is 0.330 e. The van der Waals surface area contributed by atoms with Crippen molar-refractivity contribution in [2.24, 2.45) is 5.92 Å². The van der Waals surface area contributed by atoms with Crippen LogP contribution in [0.4, 0.5) is 0 Å². The van der Waals surface area contributed by atoms with Crippen LogP contribution in [0.1, 0.15) is 51.6 Å². The lowest BCUT2D eigenvalue weighted by molar-refractivity contribution is -0.137. The summed E-state index contributed by atoms with van der Waals surface area (Å²) in [6, 6.07) is 10.5. The third-order valence-corrected chi connectivity index (χ3v) is 5.10. The zero-order valence-electron chi connectivity index (χ0n) is 17.0. The molecular weight excluding hydrogens is 354 g/mol. The van der Waals surface area contributed by atoms with Gasteiger partial charge >= 0.3 is 5.97 Å². The van der Waals surface area contributed by atoms with Crippen molar-refractivity contribution in [2.75, 3.05) is 13.2 Å². The lowest BCUT2D eigenvalue weighted by Gasteiger charge is -2.28. The molecule has 1 fully saturated rings. The highest BCUT2D eigenvalue weighted by Gasteiger charge is 2.24. The highest BCUT2D eigenvalue weighted by atomic mass is 16.5. The van der Waals surface area contributed by atoms with Crippen LogP contribution >= 0.6 is 0 Å². The summed E-state index contributed by atoms with van der Waals surface area (Å²) in [4.78, 5) is 26.2. The number of likely N-dealkylation sites (tertiary alicyclic amines) is 1. The Morgan fingerprint density at radius 1 is 1.25 bits per heavy atom. The van der Waals surface area contributed by atoms with Gasteiger partial charge in [-0.1, -0.05) is 37.3 Å². The standard InChI is InChI=1S/C23H31NO4/c1-4-28-23(27)13-12-22(26)17(2)15-21(25)16-20-11-8-14-24(20)18(3)19-9-6-5-7-10-19/h5-7,9-10,12-13,16-18,22,26H,4,8,11,14-15H2,1-3H3/b13-12+,20-16+/t17-,18?,22+/m0/s1. The highest BCUT2D eigenvalue weighted by molar-refractivity contribution is 5.90. The summed E-state index contributed by atoms with van der Waals surface area (Å²) in [5, 5.41) is 10.2. The lowest BCUT2D eigenvalue weighted by Crippen LogP contribution is -2.23. The second-order valence-corrected chi connectivity index (χ2v) is 7.27.